The van der Waals surface area contributed by atoms with Gasteiger partial charge in [0.15, 0.2) is 22.8 Å². The number of hydrogen-bond donors (Lipinski definition) is 1. The maximum atomic E-state index is 11.8. The molecule has 0 radical (unpaired) electrons. The molecule has 0 saturated carbocycles. The highest BCUT2D eigenvalue weighted by molar-refractivity contribution is 9.10. The Balaban J connectivity index is 2.17. The summed E-state index contributed by atoms with van der Waals surface area (Å²) in [6.07, 6.45) is 1.68. The van der Waals surface area contributed by atoms with Crippen molar-refractivity contribution in [2.45, 2.75) is 13.0 Å². The van der Waals surface area contributed by atoms with Crippen molar-refractivity contribution in [1.29, 1.82) is 0 Å². The minimum Gasteiger partial charge on any atom is -0.493 e. The number of ether oxygens (including phenoxy) is 4. The highest BCUT2D eigenvalue weighted by atomic mass is 79.9. The molecule has 0 aliphatic carbocycles. The van der Waals surface area contributed by atoms with Crippen LogP contribution >= 0.6 is 27.7 Å². The molecule has 1 heterocycles. The second-order valence-electron chi connectivity index (χ2n) is 5.55. The maximum Gasteiger partial charge on any atom is 0.346 e. The van der Waals surface area contributed by atoms with Crippen LogP contribution in [0.25, 0.3) is 0 Å². The first-order valence-corrected chi connectivity index (χ1v) is 9.91. The van der Waals surface area contributed by atoms with Gasteiger partial charge in [0, 0.05) is 16.1 Å². The zero-order valence-electron chi connectivity index (χ0n) is 16.4. The Morgan fingerprint density at radius 2 is 1.93 bits per heavy atom. The number of carbonyl (C=O) groups excluding carboxylic acids is 3. The van der Waals surface area contributed by atoms with Crippen LogP contribution in [0.2, 0.25) is 0 Å². The van der Waals surface area contributed by atoms with Gasteiger partial charge in [0.25, 0.3) is 5.91 Å². The molecular weight excluding hydrogens is 482 g/mol. The average molecular weight is 500 g/mol. The van der Waals surface area contributed by atoms with Crippen molar-refractivity contribution in [3.8, 4) is 11.5 Å². The zero-order valence-corrected chi connectivity index (χ0v) is 18.8. The molecule has 1 unspecified atom stereocenters. The van der Waals surface area contributed by atoms with Gasteiger partial charge in [-0.2, -0.15) is 5.10 Å². The van der Waals surface area contributed by atoms with E-state index in [1.54, 1.807) is 19.1 Å². The maximum absolute atomic E-state index is 11.8. The molecule has 1 fully saturated rings. The molecule has 0 spiro atoms. The van der Waals surface area contributed by atoms with Crippen LogP contribution in [0.4, 0.5) is 0 Å². The summed E-state index contributed by atoms with van der Waals surface area (Å²) in [5.74, 6) is -0.927. The normalized spacial score (nSPS) is 17.2. The largest absolute Gasteiger partial charge is 0.493 e. The number of hydrogen-bond acceptors (Lipinski definition) is 10. The predicted octanol–water partition coefficient (Wildman–Crippen LogP) is 2.01. The van der Waals surface area contributed by atoms with Crippen molar-refractivity contribution in [2.75, 3.05) is 21.3 Å². The molecule has 1 aliphatic rings. The molecule has 0 bridgehead atoms. The van der Waals surface area contributed by atoms with Crippen molar-refractivity contribution in [1.82, 2.24) is 5.32 Å². The lowest BCUT2D eigenvalue weighted by atomic mass is 10.2. The van der Waals surface area contributed by atoms with E-state index in [0.717, 1.165) is 17.8 Å². The Morgan fingerprint density at radius 1 is 1.20 bits per heavy atom. The van der Waals surface area contributed by atoms with Crippen molar-refractivity contribution >= 4 is 56.9 Å². The van der Waals surface area contributed by atoms with Crippen LogP contribution in [0.15, 0.2) is 37.8 Å². The molecule has 160 valence electrons. The second-order valence-corrected chi connectivity index (χ2v) is 7.43. The van der Waals surface area contributed by atoms with Gasteiger partial charge in [-0.3, -0.25) is 10.1 Å². The van der Waals surface area contributed by atoms with Crippen molar-refractivity contribution < 1.29 is 33.3 Å². The van der Waals surface area contributed by atoms with E-state index < -0.39 is 23.9 Å². The number of esters is 2. The molecule has 2 rings (SSSR count). The molecule has 10 nitrogen and oxygen atoms in total. The van der Waals surface area contributed by atoms with Crippen LogP contribution in [0.5, 0.6) is 11.5 Å². The number of amides is 1. The van der Waals surface area contributed by atoms with Gasteiger partial charge in [-0.15, -0.1) is 5.10 Å². The summed E-state index contributed by atoms with van der Waals surface area (Å²) >= 11 is 4.35. The van der Waals surface area contributed by atoms with Gasteiger partial charge >= 0.3 is 11.9 Å². The third-order valence-corrected chi connectivity index (χ3v) is 5.15. The molecule has 0 aromatic heterocycles. The summed E-state index contributed by atoms with van der Waals surface area (Å²) < 4.78 is 20.6. The molecule has 1 saturated heterocycles. The van der Waals surface area contributed by atoms with Crippen LogP contribution in [0.3, 0.4) is 0 Å². The highest BCUT2D eigenvalue weighted by Gasteiger charge is 2.25. The number of amidine groups is 1. The third-order valence-electron chi connectivity index (χ3n) is 3.57. The first kappa shape index (κ1) is 23.4. The first-order chi connectivity index (χ1) is 14.3. The van der Waals surface area contributed by atoms with Crippen molar-refractivity contribution in [3.63, 3.8) is 0 Å². The van der Waals surface area contributed by atoms with Gasteiger partial charge < -0.3 is 18.9 Å². The Morgan fingerprint density at radius 3 is 2.57 bits per heavy atom. The standard InChI is InChI=1S/C18H18BrN3O7S/c1-9(17(25)28-4)29-13-6-11(19)10(5-12(13)26-2)8-20-22-18-21-16(24)14(30-18)7-15(23)27-3/h5-9H,1-4H3,(H,21,22,24)/b14-7+,20-8?. The predicted molar refractivity (Wildman–Crippen MR) is 114 cm³/mol. The first-order valence-electron chi connectivity index (χ1n) is 8.31. The average Bonchev–Trinajstić information content (AvgIpc) is 3.07. The van der Waals surface area contributed by atoms with E-state index in [4.69, 9.17) is 9.47 Å². The number of thioether (sulfide) groups is 1. The van der Waals surface area contributed by atoms with Crippen LogP contribution in [0.1, 0.15) is 12.5 Å². The number of nitrogens with one attached hydrogen (secondary N) is 1. The van der Waals surface area contributed by atoms with Gasteiger partial charge in [0.1, 0.15) is 0 Å². The number of nitrogens with zero attached hydrogens (tertiary/aromatic N) is 2. The van der Waals surface area contributed by atoms with E-state index in [-0.39, 0.29) is 10.1 Å². The fraction of sp³-hybridized carbons (Fsp3) is 0.278. The molecule has 30 heavy (non-hydrogen) atoms. The lowest BCUT2D eigenvalue weighted by molar-refractivity contribution is -0.148. The smallest absolute Gasteiger partial charge is 0.346 e. The summed E-state index contributed by atoms with van der Waals surface area (Å²) in [7, 11) is 3.95. The van der Waals surface area contributed by atoms with E-state index in [1.807, 2.05) is 0 Å². The van der Waals surface area contributed by atoms with E-state index in [9.17, 15) is 14.4 Å². The fourth-order valence-electron chi connectivity index (χ4n) is 2.09. The monoisotopic (exact) mass is 499 g/mol. The highest BCUT2D eigenvalue weighted by Crippen LogP contribution is 2.33. The minimum atomic E-state index is -0.822. The molecule has 1 N–H and O–H groups in total. The van der Waals surface area contributed by atoms with Gasteiger partial charge in [0.05, 0.1) is 32.4 Å². The van der Waals surface area contributed by atoms with E-state index >= 15 is 0 Å². The SMILES string of the molecule is COC(=O)/C=C1/S/C(=N\N=Cc2cc(OC)c(OC(C)C(=O)OC)cc2Br)NC1=O. The summed E-state index contributed by atoms with van der Waals surface area (Å²) in [6.45, 7) is 1.56. The van der Waals surface area contributed by atoms with Crippen molar-refractivity contribution in [2.24, 2.45) is 10.2 Å². The second kappa shape index (κ2) is 10.8. The number of benzene rings is 1. The van der Waals surface area contributed by atoms with Crippen molar-refractivity contribution in [3.05, 3.63) is 33.2 Å². The van der Waals surface area contributed by atoms with E-state index in [2.05, 4.69) is 40.9 Å². The molecule has 1 aliphatic heterocycles. The summed E-state index contributed by atoms with van der Waals surface area (Å²) in [6, 6.07) is 3.26. The minimum absolute atomic E-state index is 0.153. The molecular formula is C18H18BrN3O7S. The number of rotatable bonds is 7. The fourth-order valence-corrected chi connectivity index (χ4v) is 3.25. The molecule has 1 aromatic carbocycles. The van der Waals surface area contributed by atoms with Crippen LogP contribution in [0, 0.1) is 0 Å². The van der Waals surface area contributed by atoms with Crippen LogP contribution in [-0.2, 0) is 23.9 Å². The topological polar surface area (TPSA) is 125 Å². The molecule has 1 atom stereocenters. The number of carbonyl (C=O) groups is 3. The Hall–Kier alpha value is -2.86. The number of halogens is 1. The Labute approximate surface area is 184 Å². The lowest BCUT2D eigenvalue weighted by Crippen LogP contribution is -2.25. The van der Waals surface area contributed by atoms with Gasteiger partial charge in [0.2, 0.25) is 0 Å². The molecule has 1 aromatic rings. The summed E-state index contributed by atoms with van der Waals surface area (Å²) in [5, 5.41) is 10.6. The van der Waals surface area contributed by atoms with E-state index in [1.165, 1.54) is 27.5 Å². The Kier molecular flexibility index (Phi) is 8.42. The molecule has 12 heteroatoms. The van der Waals surface area contributed by atoms with E-state index in [0.29, 0.717) is 21.5 Å². The summed E-state index contributed by atoms with van der Waals surface area (Å²) in [4.78, 5) is 34.8. The third kappa shape index (κ3) is 6.07. The Bertz CT molecular complexity index is 946. The van der Waals surface area contributed by atoms with Gasteiger partial charge in [-0.05, 0) is 46.7 Å². The van der Waals surface area contributed by atoms with Crippen LogP contribution < -0.4 is 14.8 Å². The summed E-state index contributed by atoms with van der Waals surface area (Å²) in [5.41, 5.74) is 0.605. The van der Waals surface area contributed by atoms with Gasteiger partial charge in [-0.1, -0.05) is 0 Å². The zero-order chi connectivity index (χ0) is 22.3. The lowest BCUT2D eigenvalue weighted by Gasteiger charge is -2.16. The quantitative estimate of drug-likeness (QED) is 0.261. The molecule has 1 amide bonds. The number of methoxy groups -OCH3 is 3. The van der Waals surface area contributed by atoms with Gasteiger partial charge in [-0.25, -0.2) is 9.59 Å². The van der Waals surface area contributed by atoms with Crippen LogP contribution in [-0.4, -0.2) is 56.7 Å².